The summed E-state index contributed by atoms with van der Waals surface area (Å²) in [5.74, 6) is 0. The van der Waals surface area contributed by atoms with E-state index in [0.717, 1.165) is 19.5 Å². The van der Waals surface area contributed by atoms with Gasteiger partial charge in [0, 0.05) is 26.1 Å². The van der Waals surface area contributed by atoms with E-state index in [1.165, 1.54) is 0 Å². The van der Waals surface area contributed by atoms with Gasteiger partial charge in [-0.05, 0) is 13.3 Å². The molecule has 0 bridgehead atoms. The van der Waals surface area contributed by atoms with Crippen LogP contribution in [0.25, 0.3) is 0 Å². The van der Waals surface area contributed by atoms with E-state index < -0.39 is 0 Å². The van der Waals surface area contributed by atoms with Crippen LogP contribution in [-0.4, -0.2) is 25.3 Å². The van der Waals surface area contributed by atoms with E-state index in [0.29, 0.717) is 13.0 Å². The number of rotatable bonds is 4. The Balaban J connectivity index is 1.99. The highest BCUT2D eigenvalue weighted by atomic mass is 16.5. The first-order valence-electron chi connectivity index (χ1n) is 3.98. The number of nitrogens with one attached hydrogen (secondary N) is 1. The minimum absolute atomic E-state index is 0.0510. The second-order valence-electron chi connectivity index (χ2n) is 3.16. The predicted octanol–water partition coefficient (Wildman–Crippen LogP) is 0.669. The molecule has 3 heteroatoms. The molecule has 3 nitrogen and oxygen atoms in total. The smallest absolute Gasteiger partial charge is 0.0901 e. The standard InChI is InChI=1S/C8H14N2O/c1-8(6-10-7-8)11-5-3-2-4-9/h10H,2-3,5-7H2,1H3. The molecule has 1 aliphatic rings. The number of hydrogen-bond acceptors (Lipinski definition) is 3. The van der Waals surface area contributed by atoms with Gasteiger partial charge in [-0.2, -0.15) is 5.26 Å². The van der Waals surface area contributed by atoms with Gasteiger partial charge in [0.05, 0.1) is 11.7 Å². The molecule has 0 atom stereocenters. The fourth-order valence-corrected chi connectivity index (χ4v) is 1.05. The predicted molar refractivity (Wildman–Crippen MR) is 42.1 cm³/mol. The van der Waals surface area contributed by atoms with E-state index in [4.69, 9.17) is 10.00 Å². The van der Waals surface area contributed by atoms with Gasteiger partial charge in [-0.3, -0.25) is 0 Å². The van der Waals surface area contributed by atoms with Crippen LogP contribution in [0.15, 0.2) is 0 Å². The highest BCUT2D eigenvalue weighted by Crippen LogP contribution is 2.15. The van der Waals surface area contributed by atoms with Gasteiger partial charge in [0.15, 0.2) is 0 Å². The summed E-state index contributed by atoms with van der Waals surface area (Å²) in [6.07, 6.45) is 1.45. The second-order valence-corrected chi connectivity index (χ2v) is 3.16. The minimum Gasteiger partial charge on any atom is -0.373 e. The zero-order valence-electron chi connectivity index (χ0n) is 6.89. The molecule has 1 aliphatic heterocycles. The minimum atomic E-state index is 0.0510. The molecule has 1 rings (SSSR count). The van der Waals surface area contributed by atoms with Gasteiger partial charge in [0.1, 0.15) is 0 Å². The number of ether oxygens (including phenoxy) is 1. The largest absolute Gasteiger partial charge is 0.373 e. The molecule has 0 aromatic carbocycles. The summed E-state index contributed by atoms with van der Waals surface area (Å²) in [7, 11) is 0. The lowest BCUT2D eigenvalue weighted by molar-refractivity contribution is -0.0669. The van der Waals surface area contributed by atoms with Gasteiger partial charge in [-0.25, -0.2) is 0 Å². The normalized spacial score (nSPS) is 20.4. The number of nitriles is 1. The fraction of sp³-hybridized carbons (Fsp3) is 0.875. The molecule has 62 valence electrons. The van der Waals surface area contributed by atoms with Crippen LogP contribution in [0.3, 0.4) is 0 Å². The Kier molecular flexibility index (Phi) is 2.86. The monoisotopic (exact) mass is 154 g/mol. The third-order valence-corrected chi connectivity index (χ3v) is 1.88. The van der Waals surface area contributed by atoms with Crippen LogP contribution in [0.1, 0.15) is 19.8 Å². The molecular weight excluding hydrogens is 140 g/mol. The van der Waals surface area contributed by atoms with Gasteiger partial charge in [-0.15, -0.1) is 0 Å². The molecule has 0 amide bonds. The first kappa shape index (κ1) is 8.51. The number of nitrogens with zero attached hydrogens (tertiary/aromatic N) is 1. The molecule has 1 heterocycles. The maximum atomic E-state index is 8.25. The Morgan fingerprint density at radius 3 is 2.82 bits per heavy atom. The van der Waals surface area contributed by atoms with Crippen LogP contribution in [0.2, 0.25) is 0 Å². The van der Waals surface area contributed by atoms with E-state index >= 15 is 0 Å². The SMILES string of the molecule is CC1(OCCCC#N)CNC1. The summed E-state index contributed by atoms with van der Waals surface area (Å²) < 4.78 is 5.55. The molecule has 0 unspecified atom stereocenters. The van der Waals surface area contributed by atoms with E-state index in [-0.39, 0.29) is 5.60 Å². The van der Waals surface area contributed by atoms with E-state index in [1.54, 1.807) is 0 Å². The van der Waals surface area contributed by atoms with Crippen molar-refractivity contribution in [2.24, 2.45) is 0 Å². The summed E-state index contributed by atoms with van der Waals surface area (Å²) in [5.41, 5.74) is 0.0510. The van der Waals surface area contributed by atoms with Crippen molar-refractivity contribution in [3.05, 3.63) is 0 Å². The molecule has 0 aromatic heterocycles. The lowest BCUT2D eigenvalue weighted by Crippen LogP contribution is -2.59. The Bertz CT molecular complexity index is 158. The molecule has 0 radical (unpaired) electrons. The van der Waals surface area contributed by atoms with Crippen LogP contribution >= 0.6 is 0 Å². The molecule has 1 N–H and O–H groups in total. The maximum absolute atomic E-state index is 8.25. The van der Waals surface area contributed by atoms with Crippen molar-refractivity contribution in [1.29, 1.82) is 5.26 Å². The van der Waals surface area contributed by atoms with Crippen LogP contribution in [-0.2, 0) is 4.74 Å². The van der Waals surface area contributed by atoms with E-state index in [9.17, 15) is 0 Å². The molecule has 0 spiro atoms. The van der Waals surface area contributed by atoms with Crippen LogP contribution < -0.4 is 5.32 Å². The van der Waals surface area contributed by atoms with Crippen LogP contribution in [0, 0.1) is 11.3 Å². The highest BCUT2D eigenvalue weighted by Gasteiger charge is 2.31. The first-order chi connectivity index (χ1) is 5.27. The lowest BCUT2D eigenvalue weighted by Gasteiger charge is -2.39. The zero-order valence-corrected chi connectivity index (χ0v) is 6.89. The molecule has 1 saturated heterocycles. The zero-order chi connectivity index (χ0) is 8.16. The summed E-state index contributed by atoms with van der Waals surface area (Å²) in [4.78, 5) is 0. The van der Waals surface area contributed by atoms with E-state index in [1.807, 2.05) is 0 Å². The quantitative estimate of drug-likeness (QED) is 0.605. The number of hydrogen-bond donors (Lipinski definition) is 1. The molecular formula is C8H14N2O. The highest BCUT2D eigenvalue weighted by molar-refractivity contribution is 4.90. The maximum Gasteiger partial charge on any atom is 0.0901 e. The lowest BCUT2D eigenvalue weighted by atomic mass is 10.0. The fourth-order valence-electron chi connectivity index (χ4n) is 1.05. The van der Waals surface area contributed by atoms with Gasteiger partial charge in [-0.1, -0.05) is 0 Å². The molecule has 0 saturated carbocycles. The van der Waals surface area contributed by atoms with Crippen molar-refractivity contribution < 1.29 is 4.74 Å². The average molecular weight is 154 g/mol. The Morgan fingerprint density at radius 1 is 1.64 bits per heavy atom. The summed E-state index contributed by atoms with van der Waals surface area (Å²) in [6.45, 7) is 4.70. The third-order valence-electron chi connectivity index (χ3n) is 1.88. The van der Waals surface area contributed by atoms with Gasteiger partial charge in [0.2, 0.25) is 0 Å². The van der Waals surface area contributed by atoms with Crippen molar-refractivity contribution in [2.45, 2.75) is 25.4 Å². The summed E-state index contributed by atoms with van der Waals surface area (Å²) in [5, 5.41) is 11.4. The van der Waals surface area contributed by atoms with Crippen molar-refractivity contribution >= 4 is 0 Å². The Labute approximate surface area is 67.3 Å². The van der Waals surface area contributed by atoms with Crippen LogP contribution in [0.4, 0.5) is 0 Å². The first-order valence-corrected chi connectivity index (χ1v) is 3.98. The Morgan fingerprint density at radius 2 is 2.36 bits per heavy atom. The van der Waals surface area contributed by atoms with E-state index in [2.05, 4.69) is 18.3 Å². The topological polar surface area (TPSA) is 45.0 Å². The third kappa shape index (κ3) is 2.49. The second kappa shape index (κ2) is 3.70. The van der Waals surface area contributed by atoms with Gasteiger partial charge in [0.25, 0.3) is 0 Å². The Hall–Kier alpha value is -0.590. The van der Waals surface area contributed by atoms with Gasteiger partial charge < -0.3 is 10.1 Å². The average Bonchev–Trinajstić information content (AvgIpc) is 1.95. The molecule has 0 aromatic rings. The van der Waals surface area contributed by atoms with Crippen molar-refractivity contribution in [2.75, 3.05) is 19.7 Å². The van der Waals surface area contributed by atoms with Crippen molar-refractivity contribution in [3.63, 3.8) is 0 Å². The van der Waals surface area contributed by atoms with Crippen molar-refractivity contribution in [1.82, 2.24) is 5.32 Å². The number of unbranched alkanes of at least 4 members (excludes halogenated alkanes) is 1. The van der Waals surface area contributed by atoms with Gasteiger partial charge >= 0.3 is 0 Å². The van der Waals surface area contributed by atoms with Crippen LogP contribution in [0.5, 0.6) is 0 Å². The van der Waals surface area contributed by atoms with Crippen molar-refractivity contribution in [3.8, 4) is 6.07 Å². The summed E-state index contributed by atoms with van der Waals surface area (Å²) in [6, 6.07) is 2.09. The molecule has 0 aliphatic carbocycles. The molecule has 11 heavy (non-hydrogen) atoms. The summed E-state index contributed by atoms with van der Waals surface area (Å²) >= 11 is 0. The molecule has 1 fully saturated rings.